The van der Waals surface area contributed by atoms with E-state index in [1.807, 2.05) is 70.6 Å². The van der Waals surface area contributed by atoms with Crippen molar-refractivity contribution in [1.29, 1.82) is 0 Å². The highest BCUT2D eigenvalue weighted by molar-refractivity contribution is 8.01. The maximum absolute atomic E-state index is 2.45. The van der Waals surface area contributed by atoms with E-state index in [-0.39, 0.29) is 0 Å². The van der Waals surface area contributed by atoms with Crippen molar-refractivity contribution in [3.05, 3.63) is 376 Å². The molecule has 570 valence electrons. The minimum atomic E-state index is 1.29. The van der Waals surface area contributed by atoms with Crippen LogP contribution in [-0.4, -0.2) is 0 Å². The van der Waals surface area contributed by atoms with Crippen molar-refractivity contribution in [2.45, 2.75) is 58.7 Å². The topological polar surface area (TPSA) is 0 Å². The van der Waals surface area contributed by atoms with Gasteiger partial charge in [-0.2, -0.15) is 0 Å². The Labute approximate surface area is 738 Å². The van der Waals surface area contributed by atoms with Crippen LogP contribution < -0.4 is 0 Å². The molecule has 31 rings (SSSR count). The summed E-state index contributed by atoms with van der Waals surface area (Å²) in [7, 11) is 0. The van der Waals surface area contributed by atoms with Gasteiger partial charge in [0.25, 0.3) is 0 Å². The molecule has 6 heterocycles. The fourth-order valence-corrected chi connectivity index (χ4v) is 29.0. The molecule has 0 saturated carbocycles. The number of rotatable bonds is 0. The summed E-state index contributed by atoms with van der Waals surface area (Å²) in [6, 6.07) is 141. The van der Waals surface area contributed by atoms with Crippen LogP contribution in [0.15, 0.2) is 435 Å². The molecule has 0 spiro atoms. The van der Waals surface area contributed by atoms with Gasteiger partial charge in [-0.3, -0.25) is 0 Å². The van der Waals surface area contributed by atoms with Crippen molar-refractivity contribution in [3.63, 3.8) is 0 Å². The minimum Gasteiger partial charge on any atom is -0.0887 e. The zero-order valence-corrected chi connectivity index (χ0v) is 71.1. The van der Waals surface area contributed by atoms with E-state index in [4.69, 9.17) is 0 Å². The van der Waals surface area contributed by atoms with Crippen molar-refractivity contribution >= 4 is 243 Å². The molecule has 0 fully saturated rings. The lowest BCUT2D eigenvalue weighted by atomic mass is 9.84. The molecule has 25 aromatic carbocycles. The second-order valence-corrected chi connectivity index (χ2v) is 40.2. The first-order valence-electron chi connectivity index (χ1n) is 42.4. The molecule has 0 aromatic heterocycles. The van der Waals surface area contributed by atoms with E-state index < -0.39 is 0 Å². The van der Waals surface area contributed by atoms with Crippen molar-refractivity contribution in [3.8, 4) is 66.8 Å². The van der Waals surface area contributed by atoms with Gasteiger partial charge in [0.2, 0.25) is 0 Å². The molecule has 0 radical (unpaired) electrons. The summed E-state index contributed by atoms with van der Waals surface area (Å²) in [5.41, 5.74) is 16.5. The minimum absolute atomic E-state index is 1.29. The van der Waals surface area contributed by atoms with Gasteiger partial charge in [0.15, 0.2) is 0 Å². The van der Waals surface area contributed by atoms with Crippen LogP contribution in [0.4, 0.5) is 0 Å². The average molecular weight is 1670 g/mol. The largest absolute Gasteiger partial charge is 0.0887 e. The van der Waals surface area contributed by atoms with E-state index in [9.17, 15) is 0 Å². The second kappa shape index (κ2) is 26.2. The van der Waals surface area contributed by atoms with Crippen LogP contribution >= 0.6 is 70.6 Å². The summed E-state index contributed by atoms with van der Waals surface area (Å²) < 4.78 is 0. The van der Waals surface area contributed by atoms with Gasteiger partial charge in [-0.15, -0.1) is 0 Å². The number of hydrogen-bond donors (Lipinski definition) is 0. The van der Waals surface area contributed by atoms with Gasteiger partial charge in [0.05, 0.1) is 0 Å². The molecule has 0 atom stereocenters. The highest BCUT2D eigenvalue weighted by atomic mass is 32.2. The molecule has 0 unspecified atom stereocenters. The molecule has 0 N–H and O–H groups in total. The van der Waals surface area contributed by atoms with Crippen LogP contribution in [0.1, 0.15) is 0 Å². The third-order valence-corrected chi connectivity index (χ3v) is 34.3. The van der Waals surface area contributed by atoms with E-state index in [0.29, 0.717) is 0 Å². The summed E-state index contributed by atoms with van der Waals surface area (Å²) in [4.78, 5) is 16.3. The van der Waals surface area contributed by atoms with Gasteiger partial charge in [0, 0.05) is 91.1 Å². The summed E-state index contributed by atoms with van der Waals surface area (Å²) in [6.07, 6.45) is 0. The SMILES string of the molecule is c1ccc2c3c(ccc2c1)-c1c2ccccc2c2c4c(ccc(c14)S3)Sc1c-2ccc2ccccc12.c1ccc2cc3c4c(ccc3cc2c1)-c1c2ccccc2c2c3c(ccc(c13)S4)Sc1c-2ccc2cc3ccccc3cc12.c1ccc2cc3cc4c(cc3cc2c1)Sc1ccc2c3c(c5ccccc5c-4c13)-c1cc3cc4ccccc4cc3cc1S2. The van der Waals surface area contributed by atoms with Crippen LogP contribution in [0, 0.1) is 0 Å². The van der Waals surface area contributed by atoms with Crippen LogP contribution in [0.5, 0.6) is 0 Å². The third-order valence-electron chi connectivity index (χ3n) is 27.2. The summed E-state index contributed by atoms with van der Waals surface area (Å²) in [5, 5.41) is 42.6. The first-order valence-corrected chi connectivity index (χ1v) is 47.3. The number of fused-ring (bicyclic) bond motifs is 35. The molecule has 0 aliphatic carbocycles. The lowest BCUT2D eigenvalue weighted by Crippen LogP contribution is -2.01. The van der Waals surface area contributed by atoms with Crippen molar-refractivity contribution in [2.24, 2.45) is 0 Å². The predicted molar refractivity (Wildman–Crippen MR) is 537 cm³/mol. The first-order chi connectivity index (χ1) is 61.4. The van der Waals surface area contributed by atoms with Crippen molar-refractivity contribution in [2.75, 3.05) is 0 Å². The molecule has 6 heteroatoms. The Morgan fingerprint density at radius 3 is 0.613 bits per heavy atom. The number of hydrogen-bond acceptors (Lipinski definition) is 6. The summed E-state index contributed by atoms with van der Waals surface area (Å²) in [5.74, 6) is 0. The molecule has 0 amide bonds. The van der Waals surface area contributed by atoms with Crippen LogP contribution in [-0.2, 0) is 0 Å². The van der Waals surface area contributed by atoms with Crippen molar-refractivity contribution in [1.82, 2.24) is 0 Å². The Bertz CT molecular complexity index is 8690. The maximum atomic E-state index is 2.45. The molecular weight excluding hydrogens is 1610 g/mol. The smallest absolute Gasteiger partial charge is 0.0280 e. The highest BCUT2D eigenvalue weighted by Gasteiger charge is 2.36. The fourth-order valence-electron chi connectivity index (χ4n) is 21.8. The Morgan fingerprint density at radius 2 is 0.323 bits per heavy atom. The van der Waals surface area contributed by atoms with E-state index >= 15 is 0 Å². The van der Waals surface area contributed by atoms with Crippen molar-refractivity contribution < 1.29 is 0 Å². The molecule has 124 heavy (non-hydrogen) atoms. The van der Waals surface area contributed by atoms with E-state index in [0.717, 1.165) is 0 Å². The standard InChI is InChI=1S/2C42H22S2.C34H18S2/c1-3-9-25-21-33-27(19-23(25)7-1)13-15-31-37-29-11-5-6-12-30(29)38-32-16-14-28-20-24-8-2-4-10-26(24)22-34(28)42(32)44-36-18-17-35(43-41(31)33)39(37)40(36)38;1-3-9-25-17-29-21-37-33(19-27(29)15-23(25)7-1)39-31-11-5-6-12-32(31)40-34-20-28-16-24-8-2-4-10-26(24)18-30(28)22-38(34)44-36-14-13-35(43-37)41(39)42(36)40;1-3-9-21-19(7-1)13-15-25-29-23-11-5-6-12-24(23)30-26-16-14-20-8-2-4-10-22(20)34(26)36-28-18-17-27(35-33(21)25)31(29)32(28)30/h2*1-22H;1-18H. The van der Waals surface area contributed by atoms with Gasteiger partial charge in [-0.1, -0.05) is 337 Å². The maximum Gasteiger partial charge on any atom is 0.0280 e. The molecule has 6 aliphatic heterocycles. The Morgan fingerprint density at radius 1 is 0.113 bits per heavy atom. The monoisotopic (exact) mass is 1670 g/mol. The highest BCUT2D eigenvalue weighted by Crippen LogP contribution is 2.65. The Kier molecular flexibility index (Phi) is 14.6. The lowest BCUT2D eigenvalue weighted by Gasteiger charge is -2.30. The second-order valence-electron chi connectivity index (χ2n) is 33.8. The molecule has 6 aliphatic rings. The zero-order chi connectivity index (χ0) is 80.4. The predicted octanol–water partition coefficient (Wildman–Crippen LogP) is 36.3. The quantitative estimate of drug-likeness (QED) is 0.138. The molecule has 25 aromatic rings. The third kappa shape index (κ3) is 9.92. The van der Waals surface area contributed by atoms with Gasteiger partial charge in [-0.05, 0) is 316 Å². The van der Waals surface area contributed by atoms with E-state index in [1.165, 1.54) is 298 Å². The molecular formula is C118H62S6. The first kappa shape index (κ1) is 69.3. The van der Waals surface area contributed by atoms with Crippen LogP contribution in [0.2, 0.25) is 0 Å². The van der Waals surface area contributed by atoms with Gasteiger partial charge in [0.1, 0.15) is 0 Å². The Hall–Kier alpha value is -13.2. The van der Waals surface area contributed by atoms with E-state index in [2.05, 4.69) is 376 Å². The van der Waals surface area contributed by atoms with Gasteiger partial charge >= 0.3 is 0 Å². The van der Waals surface area contributed by atoms with Crippen LogP contribution in [0.25, 0.3) is 239 Å². The molecule has 0 nitrogen and oxygen atoms in total. The van der Waals surface area contributed by atoms with Gasteiger partial charge in [-0.25, -0.2) is 0 Å². The van der Waals surface area contributed by atoms with Crippen LogP contribution in [0.3, 0.4) is 0 Å². The Balaban J connectivity index is 0.0000000937. The molecule has 0 bridgehead atoms. The average Bonchev–Trinajstić information content (AvgIpc) is 0.697. The van der Waals surface area contributed by atoms with Gasteiger partial charge < -0.3 is 0 Å². The lowest BCUT2D eigenvalue weighted by molar-refractivity contribution is 1.37. The zero-order valence-electron chi connectivity index (χ0n) is 66.2. The number of benzene rings is 25. The van der Waals surface area contributed by atoms with E-state index in [1.54, 1.807) is 0 Å². The summed E-state index contributed by atoms with van der Waals surface area (Å²) >= 11 is 11.6. The fraction of sp³-hybridized carbons (Fsp3) is 0. The summed E-state index contributed by atoms with van der Waals surface area (Å²) in [6.45, 7) is 0. The molecule has 0 saturated heterocycles. The normalized spacial score (nSPS) is 13.3.